The van der Waals surface area contributed by atoms with Crippen molar-refractivity contribution < 1.29 is 33.6 Å². The number of aliphatic carboxylic acids is 1. The molecule has 1 N–H and O–H groups in total. The molecular formula is C30H45NO7. The van der Waals surface area contributed by atoms with Crippen molar-refractivity contribution in [3.8, 4) is 11.5 Å². The van der Waals surface area contributed by atoms with Gasteiger partial charge in [-0.25, -0.2) is 0 Å². The van der Waals surface area contributed by atoms with Crippen LogP contribution < -0.4 is 9.47 Å². The van der Waals surface area contributed by atoms with E-state index >= 15 is 0 Å². The fraction of sp³-hybridized carbons (Fsp3) is 0.767. The number of methoxy groups -OCH3 is 1. The van der Waals surface area contributed by atoms with Gasteiger partial charge in [0.2, 0.25) is 0 Å². The summed E-state index contributed by atoms with van der Waals surface area (Å²) in [6.07, 6.45) is 7.55. The molecule has 3 fully saturated rings. The Morgan fingerprint density at radius 1 is 1.16 bits per heavy atom. The molecule has 212 valence electrons. The number of hydrogen-bond acceptors (Lipinski definition) is 7. The average Bonchev–Trinajstić information content (AvgIpc) is 3.63. The molecule has 4 aliphatic rings. The molecular weight excluding hydrogens is 486 g/mol. The molecule has 1 unspecified atom stereocenters. The first-order chi connectivity index (χ1) is 18.4. The maximum atomic E-state index is 11.5. The van der Waals surface area contributed by atoms with E-state index in [1.54, 1.807) is 7.11 Å². The van der Waals surface area contributed by atoms with Gasteiger partial charge in [0.1, 0.15) is 0 Å². The Hall–Kier alpha value is -1.87. The third kappa shape index (κ3) is 5.42. The number of carbonyl (C=O) groups is 1. The first-order valence-corrected chi connectivity index (χ1v) is 14.7. The predicted molar refractivity (Wildman–Crippen MR) is 143 cm³/mol. The maximum absolute atomic E-state index is 11.5. The molecule has 8 nitrogen and oxygen atoms in total. The minimum absolute atomic E-state index is 0.0156. The van der Waals surface area contributed by atoms with Crippen molar-refractivity contribution in [3.63, 3.8) is 0 Å². The molecule has 3 aliphatic carbocycles. The second-order valence-electron chi connectivity index (χ2n) is 11.4. The first-order valence-electron chi connectivity index (χ1n) is 14.7. The summed E-state index contributed by atoms with van der Waals surface area (Å²) in [5, 5.41) is 9.46. The van der Waals surface area contributed by atoms with Gasteiger partial charge in [-0.15, -0.1) is 0 Å². The standard InChI is InChI=1S/C30H45NO7/c1-4-6-14-35-24-10-9-22-18-25(31(5-2)20-21-7-8-21)30(38-15-11-26(32)33)13-12-29(36-16-17-37-29)19-23(30)27(22)28(24)34-3/h9-10,21,23,25H,4-8,11-20H2,1-3H3,(H,32,33)/t23?,25-,30+/m1/s1. The summed E-state index contributed by atoms with van der Waals surface area (Å²) in [6.45, 7) is 8.38. The lowest BCUT2D eigenvalue weighted by Crippen LogP contribution is -2.64. The van der Waals surface area contributed by atoms with E-state index in [9.17, 15) is 9.90 Å². The lowest BCUT2D eigenvalue weighted by atomic mass is 9.60. The second-order valence-corrected chi connectivity index (χ2v) is 11.4. The van der Waals surface area contributed by atoms with Crippen LogP contribution in [0.15, 0.2) is 12.1 Å². The van der Waals surface area contributed by atoms with E-state index in [-0.39, 0.29) is 25.0 Å². The number of nitrogens with zero attached hydrogens (tertiary/aromatic N) is 1. The van der Waals surface area contributed by atoms with Crippen molar-refractivity contribution in [2.45, 2.75) is 95.0 Å². The molecule has 3 atom stereocenters. The molecule has 1 heterocycles. The van der Waals surface area contributed by atoms with E-state index in [1.165, 1.54) is 18.4 Å². The van der Waals surface area contributed by atoms with Gasteiger partial charge in [0.15, 0.2) is 17.3 Å². The second kappa shape index (κ2) is 11.7. The maximum Gasteiger partial charge on any atom is 0.305 e. The molecule has 8 heteroatoms. The monoisotopic (exact) mass is 531 g/mol. The summed E-state index contributed by atoms with van der Waals surface area (Å²) in [6, 6.07) is 4.39. The molecule has 1 aliphatic heterocycles. The molecule has 38 heavy (non-hydrogen) atoms. The molecule has 0 amide bonds. The Balaban J connectivity index is 1.60. The van der Waals surface area contributed by atoms with Crippen molar-refractivity contribution in [2.24, 2.45) is 5.92 Å². The van der Waals surface area contributed by atoms with E-state index in [1.807, 2.05) is 0 Å². The fourth-order valence-corrected chi connectivity index (χ4v) is 7.01. The van der Waals surface area contributed by atoms with Crippen molar-refractivity contribution in [3.05, 3.63) is 23.3 Å². The highest BCUT2D eigenvalue weighted by molar-refractivity contribution is 5.66. The van der Waals surface area contributed by atoms with Crippen LogP contribution in [0.1, 0.15) is 82.3 Å². The van der Waals surface area contributed by atoms with Crippen LogP contribution in [-0.2, 0) is 25.4 Å². The topological polar surface area (TPSA) is 86.7 Å². The zero-order valence-electron chi connectivity index (χ0n) is 23.3. The van der Waals surface area contributed by atoms with Crippen molar-refractivity contribution >= 4 is 5.97 Å². The molecule has 0 radical (unpaired) electrons. The van der Waals surface area contributed by atoms with Gasteiger partial charge in [-0.2, -0.15) is 0 Å². The highest BCUT2D eigenvalue weighted by Gasteiger charge is 2.60. The summed E-state index contributed by atoms with van der Waals surface area (Å²) >= 11 is 0. The predicted octanol–water partition coefficient (Wildman–Crippen LogP) is 4.77. The number of benzene rings is 1. The van der Waals surface area contributed by atoms with Crippen LogP contribution in [0.25, 0.3) is 0 Å². The Morgan fingerprint density at radius 2 is 1.95 bits per heavy atom. The summed E-state index contributed by atoms with van der Waals surface area (Å²) in [4.78, 5) is 14.1. The minimum Gasteiger partial charge on any atom is -0.493 e. The number of carboxylic acids is 1. The Morgan fingerprint density at radius 3 is 2.61 bits per heavy atom. The van der Waals surface area contributed by atoms with Gasteiger partial charge in [-0.3, -0.25) is 9.69 Å². The Labute approximate surface area is 226 Å². The Bertz CT molecular complexity index is 974. The Kier molecular flexibility index (Phi) is 8.53. The lowest BCUT2D eigenvalue weighted by molar-refractivity contribution is -0.234. The van der Waals surface area contributed by atoms with E-state index in [0.29, 0.717) is 26.2 Å². The van der Waals surface area contributed by atoms with Crippen LogP contribution in [0.4, 0.5) is 0 Å². The number of carboxylic acid groups (broad SMARTS) is 1. The van der Waals surface area contributed by atoms with Gasteiger partial charge in [-0.1, -0.05) is 26.3 Å². The van der Waals surface area contributed by atoms with Crippen LogP contribution >= 0.6 is 0 Å². The van der Waals surface area contributed by atoms with Crippen LogP contribution in [0, 0.1) is 5.92 Å². The molecule has 1 aromatic rings. The van der Waals surface area contributed by atoms with Crippen LogP contribution in [0.5, 0.6) is 11.5 Å². The molecule has 1 saturated heterocycles. The molecule has 5 rings (SSSR count). The third-order valence-corrected chi connectivity index (χ3v) is 9.07. The summed E-state index contributed by atoms with van der Waals surface area (Å²) in [5.74, 6) is 0.724. The van der Waals surface area contributed by atoms with Crippen molar-refractivity contribution in [1.82, 2.24) is 4.90 Å². The number of likely N-dealkylation sites (N-methyl/N-ethyl adjacent to an activating group) is 1. The quantitative estimate of drug-likeness (QED) is 0.364. The van der Waals surface area contributed by atoms with Gasteiger partial charge < -0.3 is 28.8 Å². The SMILES string of the molecule is CCCCOc1ccc2c(c1OC)C1CC3(CC[C@@]1(OCCC(=O)O)[C@H](N(CC)CC1CC1)C2)OCCO3. The van der Waals surface area contributed by atoms with E-state index in [4.69, 9.17) is 23.7 Å². The number of ether oxygens (including phenoxy) is 5. The molecule has 0 bridgehead atoms. The van der Waals surface area contributed by atoms with Gasteiger partial charge >= 0.3 is 5.97 Å². The van der Waals surface area contributed by atoms with E-state index in [0.717, 1.165) is 68.2 Å². The third-order valence-electron chi connectivity index (χ3n) is 9.07. The molecule has 1 aromatic carbocycles. The van der Waals surface area contributed by atoms with Crippen LogP contribution in [0.2, 0.25) is 0 Å². The average molecular weight is 532 g/mol. The lowest BCUT2D eigenvalue weighted by Gasteiger charge is -2.58. The zero-order valence-corrected chi connectivity index (χ0v) is 23.3. The molecule has 1 spiro atoms. The van der Waals surface area contributed by atoms with Gasteiger partial charge in [0.05, 0.1) is 45.6 Å². The summed E-state index contributed by atoms with van der Waals surface area (Å²) in [5.41, 5.74) is 1.80. The minimum atomic E-state index is -0.838. The van der Waals surface area contributed by atoms with Gasteiger partial charge in [0, 0.05) is 36.9 Å². The van der Waals surface area contributed by atoms with Crippen LogP contribution in [0.3, 0.4) is 0 Å². The highest BCUT2D eigenvalue weighted by atomic mass is 16.7. The summed E-state index contributed by atoms with van der Waals surface area (Å²) < 4.78 is 31.7. The van der Waals surface area contributed by atoms with Crippen molar-refractivity contribution in [2.75, 3.05) is 46.6 Å². The number of hydrogen-bond donors (Lipinski definition) is 1. The fourth-order valence-electron chi connectivity index (χ4n) is 7.01. The molecule has 0 aromatic heterocycles. The first kappa shape index (κ1) is 27.7. The van der Waals surface area contributed by atoms with Crippen LogP contribution in [-0.4, -0.2) is 80.0 Å². The largest absolute Gasteiger partial charge is 0.493 e. The molecule has 2 saturated carbocycles. The number of fused-ring (bicyclic) bond motifs is 3. The zero-order chi connectivity index (χ0) is 26.8. The summed E-state index contributed by atoms with van der Waals surface area (Å²) in [7, 11) is 1.72. The number of unbranched alkanes of at least 4 members (excludes halogenated alkanes) is 1. The van der Waals surface area contributed by atoms with Gasteiger partial charge in [0.25, 0.3) is 0 Å². The van der Waals surface area contributed by atoms with E-state index in [2.05, 4.69) is 30.9 Å². The number of rotatable bonds is 13. The van der Waals surface area contributed by atoms with Gasteiger partial charge in [-0.05, 0) is 56.2 Å². The van der Waals surface area contributed by atoms with Crippen molar-refractivity contribution in [1.29, 1.82) is 0 Å². The highest BCUT2D eigenvalue weighted by Crippen LogP contribution is 2.59. The van der Waals surface area contributed by atoms with E-state index < -0.39 is 17.4 Å². The smallest absolute Gasteiger partial charge is 0.305 e. The normalized spacial score (nSPS) is 27.8.